The van der Waals surface area contributed by atoms with Crippen molar-refractivity contribution in [3.05, 3.63) is 65.7 Å². The van der Waals surface area contributed by atoms with Gasteiger partial charge in [0.1, 0.15) is 5.41 Å². The predicted octanol–water partition coefficient (Wildman–Crippen LogP) is 4.22. The zero-order chi connectivity index (χ0) is 18.8. The molecule has 1 atom stereocenters. The number of likely N-dealkylation sites (N-methyl/N-ethyl adjacent to an activating group) is 1. The Balaban J connectivity index is 2.23. The van der Waals surface area contributed by atoms with Crippen LogP contribution in [0.2, 0.25) is 0 Å². The van der Waals surface area contributed by atoms with E-state index < -0.39 is 13.0 Å². The highest BCUT2D eigenvalue weighted by Gasteiger charge is 2.55. The Labute approximate surface area is 154 Å². The number of amides is 1. The molecule has 2 aromatic rings. The van der Waals surface area contributed by atoms with Crippen molar-refractivity contribution in [1.29, 1.82) is 0 Å². The number of hydrogen-bond donors (Lipinski definition) is 0. The second kappa shape index (κ2) is 7.36. The molecule has 0 N–H and O–H groups in total. The molecule has 2 aromatic carbocycles. The van der Waals surface area contributed by atoms with Crippen molar-refractivity contribution >= 4 is 19.2 Å². The van der Waals surface area contributed by atoms with Gasteiger partial charge >= 0.3 is 7.60 Å². The SMILES string of the molecule is CCOP(=O)(CC1(c2ccccc2)C(=O)N(C)c2ccccc21)OCC. The summed E-state index contributed by atoms with van der Waals surface area (Å²) in [4.78, 5) is 15.1. The van der Waals surface area contributed by atoms with Gasteiger partial charge in [0, 0.05) is 12.7 Å². The molecule has 1 amide bonds. The van der Waals surface area contributed by atoms with Gasteiger partial charge in [-0.15, -0.1) is 0 Å². The van der Waals surface area contributed by atoms with Gasteiger partial charge < -0.3 is 13.9 Å². The molecule has 0 radical (unpaired) electrons. The highest BCUT2D eigenvalue weighted by Crippen LogP contribution is 2.58. The lowest BCUT2D eigenvalue weighted by molar-refractivity contribution is -0.121. The van der Waals surface area contributed by atoms with Crippen molar-refractivity contribution in [2.24, 2.45) is 0 Å². The van der Waals surface area contributed by atoms with E-state index in [0.717, 1.165) is 16.8 Å². The summed E-state index contributed by atoms with van der Waals surface area (Å²) in [6, 6.07) is 17.1. The first kappa shape index (κ1) is 18.8. The van der Waals surface area contributed by atoms with Crippen molar-refractivity contribution in [2.45, 2.75) is 19.3 Å². The molecule has 6 heteroatoms. The molecule has 138 valence electrons. The summed E-state index contributed by atoms with van der Waals surface area (Å²) in [6.45, 7) is 4.07. The zero-order valence-electron chi connectivity index (χ0n) is 15.3. The van der Waals surface area contributed by atoms with Gasteiger partial charge in [-0.25, -0.2) is 0 Å². The average molecular weight is 373 g/mol. The number of nitrogens with zero attached hydrogens (tertiary/aromatic N) is 1. The third-order valence-electron chi connectivity index (χ3n) is 4.74. The minimum atomic E-state index is -3.47. The van der Waals surface area contributed by atoms with Gasteiger partial charge in [0.05, 0.1) is 19.4 Å². The van der Waals surface area contributed by atoms with Gasteiger partial charge in [-0.2, -0.15) is 0 Å². The molecule has 0 aliphatic carbocycles. The van der Waals surface area contributed by atoms with Crippen LogP contribution in [-0.2, 0) is 23.8 Å². The van der Waals surface area contributed by atoms with Gasteiger partial charge in [0.2, 0.25) is 5.91 Å². The number of rotatable bonds is 7. The number of carbonyl (C=O) groups excluding carboxylic acids is 1. The molecule has 0 bridgehead atoms. The number of fused-ring (bicyclic) bond motifs is 1. The Morgan fingerprint density at radius 1 is 0.962 bits per heavy atom. The first-order valence-electron chi connectivity index (χ1n) is 8.80. The van der Waals surface area contributed by atoms with E-state index in [4.69, 9.17) is 9.05 Å². The summed E-state index contributed by atoms with van der Waals surface area (Å²) in [5, 5.41) is 0. The molecule has 1 aliphatic heterocycles. The van der Waals surface area contributed by atoms with E-state index in [1.165, 1.54) is 0 Å². The van der Waals surface area contributed by atoms with E-state index in [9.17, 15) is 9.36 Å². The number of para-hydroxylation sites is 1. The highest BCUT2D eigenvalue weighted by atomic mass is 31.2. The molecular weight excluding hydrogens is 349 g/mol. The standard InChI is InChI=1S/C20H24NO4P/c1-4-24-26(23,25-5-2)15-20(16-11-7-6-8-12-16)17-13-9-10-14-18(17)21(3)19(20)22/h6-14H,4-5,15H2,1-3H3. The van der Waals surface area contributed by atoms with Crippen molar-refractivity contribution in [3.63, 3.8) is 0 Å². The third kappa shape index (κ3) is 3.01. The normalized spacial score (nSPS) is 19.7. The van der Waals surface area contributed by atoms with Crippen LogP contribution < -0.4 is 4.90 Å². The molecule has 0 aromatic heterocycles. The first-order chi connectivity index (χ1) is 12.5. The van der Waals surface area contributed by atoms with Crippen LogP contribution >= 0.6 is 7.60 Å². The van der Waals surface area contributed by atoms with Crippen molar-refractivity contribution in [2.75, 3.05) is 31.3 Å². The minimum absolute atomic E-state index is 0.0219. The highest BCUT2D eigenvalue weighted by molar-refractivity contribution is 7.54. The van der Waals surface area contributed by atoms with Gasteiger partial charge in [-0.1, -0.05) is 48.5 Å². The van der Waals surface area contributed by atoms with Crippen molar-refractivity contribution in [3.8, 4) is 0 Å². The molecule has 26 heavy (non-hydrogen) atoms. The smallest absolute Gasteiger partial charge is 0.314 e. The summed E-state index contributed by atoms with van der Waals surface area (Å²) >= 11 is 0. The maximum absolute atomic E-state index is 13.5. The molecule has 5 nitrogen and oxygen atoms in total. The maximum Gasteiger partial charge on any atom is 0.332 e. The van der Waals surface area contributed by atoms with Crippen LogP contribution in [0.15, 0.2) is 54.6 Å². The number of carbonyl (C=O) groups is 1. The van der Waals surface area contributed by atoms with Crippen LogP contribution in [0.5, 0.6) is 0 Å². The first-order valence-corrected chi connectivity index (χ1v) is 10.5. The van der Waals surface area contributed by atoms with Crippen LogP contribution in [0.4, 0.5) is 5.69 Å². The molecule has 1 unspecified atom stereocenters. The van der Waals surface area contributed by atoms with Gasteiger partial charge in [-0.05, 0) is 31.0 Å². The Morgan fingerprint density at radius 3 is 2.15 bits per heavy atom. The fourth-order valence-corrected chi connectivity index (χ4v) is 5.81. The third-order valence-corrected chi connectivity index (χ3v) is 6.91. The maximum atomic E-state index is 13.5. The predicted molar refractivity (Wildman–Crippen MR) is 103 cm³/mol. The fraction of sp³-hybridized carbons (Fsp3) is 0.350. The summed E-state index contributed by atoms with van der Waals surface area (Å²) in [6.07, 6.45) is -0.0219. The molecule has 0 fully saturated rings. The van der Waals surface area contributed by atoms with E-state index in [-0.39, 0.29) is 25.3 Å². The molecular formula is C20H24NO4P. The van der Waals surface area contributed by atoms with E-state index in [0.29, 0.717) is 0 Å². The number of benzene rings is 2. The van der Waals surface area contributed by atoms with Crippen molar-refractivity contribution < 1.29 is 18.4 Å². The van der Waals surface area contributed by atoms with Gasteiger partial charge in [0.15, 0.2) is 0 Å². The molecule has 3 rings (SSSR count). The summed E-state index contributed by atoms with van der Waals surface area (Å²) in [5.41, 5.74) is 1.35. The number of hydrogen-bond acceptors (Lipinski definition) is 4. The molecule has 0 saturated carbocycles. The largest absolute Gasteiger partial charge is 0.332 e. The van der Waals surface area contributed by atoms with Gasteiger partial charge in [-0.3, -0.25) is 9.36 Å². The summed E-state index contributed by atoms with van der Waals surface area (Å²) < 4.78 is 24.5. The summed E-state index contributed by atoms with van der Waals surface area (Å²) in [5.74, 6) is -0.121. The van der Waals surface area contributed by atoms with Crippen LogP contribution in [0.1, 0.15) is 25.0 Å². The fourth-order valence-electron chi connectivity index (χ4n) is 3.70. The van der Waals surface area contributed by atoms with E-state index in [1.54, 1.807) is 25.8 Å². The average Bonchev–Trinajstić information content (AvgIpc) is 2.86. The second-order valence-corrected chi connectivity index (χ2v) is 8.31. The lowest BCUT2D eigenvalue weighted by atomic mass is 9.77. The molecule has 0 spiro atoms. The summed E-state index contributed by atoms with van der Waals surface area (Å²) in [7, 11) is -1.72. The molecule has 0 saturated heterocycles. The lowest BCUT2D eigenvalue weighted by Gasteiger charge is -2.32. The Hall–Kier alpha value is -1.94. The van der Waals surface area contributed by atoms with E-state index in [2.05, 4.69) is 0 Å². The van der Waals surface area contributed by atoms with Gasteiger partial charge in [0.25, 0.3) is 0 Å². The number of anilines is 1. The minimum Gasteiger partial charge on any atom is -0.314 e. The molecule has 1 heterocycles. The van der Waals surface area contributed by atoms with Crippen LogP contribution in [0, 0.1) is 0 Å². The quantitative estimate of drug-likeness (QED) is 0.682. The van der Waals surface area contributed by atoms with Crippen molar-refractivity contribution in [1.82, 2.24) is 0 Å². The van der Waals surface area contributed by atoms with E-state index in [1.807, 2.05) is 54.6 Å². The zero-order valence-corrected chi connectivity index (χ0v) is 16.2. The Bertz CT molecular complexity index is 829. The molecule has 1 aliphatic rings. The topological polar surface area (TPSA) is 55.8 Å². The monoisotopic (exact) mass is 373 g/mol. The van der Waals surface area contributed by atoms with Crippen LogP contribution in [-0.4, -0.2) is 32.3 Å². The Morgan fingerprint density at radius 2 is 1.54 bits per heavy atom. The Kier molecular flexibility index (Phi) is 5.33. The van der Waals surface area contributed by atoms with E-state index >= 15 is 0 Å². The second-order valence-electron chi connectivity index (χ2n) is 6.26. The van der Waals surface area contributed by atoms with Crippen LogP contribution in [0.3, 0.4) is 0 Å². The van der Waals surface area contributed by atoms with Crippen LogP contribution in [0.25, 0.3) is 0 Å². The lowest BCUT2D eigenvalue weighted by Crippen LogP contribution is -2.43.